The molecule has 57 valence electrons. The van der Waals surface area contributed by atoms with Crippen LogP contribution < -0.4 is 0 Å². The van der Waals surface area contributed by atoms with Crippen LogP contribution >= 0.6 is 0 Å². The normalized spacial score (nSPS) is 3.00. The van der Waals surface area contributed by atoms with Gasteiger partial charge in [-0.15, -0.1) is 10.1 Å². The predicted octanol–water partition coefficient (Wildman–Crippen LogP) is -2.82. The summed E-state index contributed by atoms with van der Waals surface area (Å²) in [4.78, 5) is 8.36. The van der Waals surface area contributed by atoms with E-state index in [1.807, 2.05) is 0 Å². The molecule has 0 aromatic carbocycles. The molecule has 0 saturated carbocycles. The van der Waals surface area contributed by atoms with Gasteiger partial charge in [0, 0.05) is 16.8 Å². The van der Waals surface area contributed by atoms with E-state index in [1.165, 1.54) is 0 Å². The molecule has 1 radical (unpaired) electrons. The van der Waals surface area contributed by atoms with Crippen molar-refractivity contribution < 1.29 is 43.5 Å². The maximum Gasteiger partial charge on any atom is 0.291 e. The van der Waals surface area contributed by atoms with Crippen LogP contribution in [0.1, 0.15) is 0 Å². The van der Waals surface area contributed by atoms with Crippen molar-refractivity contribution in [3.05, 3.63) is 10.1 Å². The molecular formula is H7CoNO6. The summed E-state index contributed by atoms with van der Waals surface area (Å²) in [6, 6.07) is 0. The van der Waals surface area contributed by atoms with Gasteiger partial charge in [0.05, 0.1) is 0 Å². The minimum Gasteiger partial charge on any atom is -0.412 e. The summed E-state index contributed by atoms with van der Waals surface area (Å²) in [6.45, 7) is 0. The molecule has 0 aliphatic carbocycles. The van der Waals surface area contributed by atoms with E-state index in [9.17, 15) is 0 Å². The van der Waals surface area contributed by atoms with Gasteiger partial charge in [0.2, 0.25) is 0 Å². The zero-order valence-corrected chi connectivity index (χ0v) is 4.59. The van der Waals surface area contributed by atoms with Crippen LogP contribution in [-0.4, -0.2) is 26.7 Å². The maximum absolute atomic E-state index is 8.36. The maximum atomic E-state index is 8.36. The molecule has 0 saturated heterocycles. The first-order chi connectivity index (χ1) is 1.73. The van der Waals surface area contributed by atoms with Crippen molar-refractivity contribution in [1.82, 2.24) is 0 Å². The molecule has 0 aliphatic heterocycles. The van der Waals surface area contributed by atoms with E-state index in [2.05, 4.69) is 0 Å². The van der Waals surface area contributed by atoms with Crippen molar-refractivity contribution in [1.29, 1.82) is 0 Å². The van der Waals surface area contributed by atoms with E-state index >= 15 is 0 Å². The van der Waals surface area contributed by atoms with Gasteiger partial charge >= 0.3 is 0 Å². The Balaban J connectivity index is -0.00000000750. The molecule has 0 bridgehead atoms. The third kappa shape index (κ3) is 687. The van der Waals surface area contributed by atoms with Crippen molar-refractivity contribution in [2.45, 2.75) is 0 Å². The molecule has 0 unspecified atom stereocenters. The summed E-state index contributed by atoms with van der Waals surface area (Å²) >= 11 is 0. The van der Waals surface area contributed by atoms with Gasteiger partial charge in [-0.3, -0.25) is 0 Å². The molecule has 8 heteroatoms. The van der Waals surface area contributed by atoms with Gasteiger partial charge < -0.3 is 21.6 Å². The van der Waals surface area contributed by atoms with E-state index in [4.69, 9.17) is 15.3 Å². The number of hydrogen-bond donors (Lipinski definition) is 1. The standard InChI is InChI=1S/Co.HNO3.3H2O/c;2-1(3)4;;;/h;(H,2,3,4);3*1H2. The van der Waals surface area contributed by atoms with Crippen LogP contribution in [0.5, 0.6) is 0 Å². The van der Waals surface area contributed by atoms with E-state index in [-0.39, 0.29) is 33.2 Å². The summed E-state index contributed by atoms with van der Waals surface area (Å²) in [6.07, 6.45) is 0. The fraction of sp³-hybridized carbons (Fsp3) is 0. The number of hydrogen-bond acceptors (Lipinski definition) is 2. The molecule has 0 aromatic heterocycles. The Morgan fingerprint density at radius 2 is 1.25 bits per heavy atom. The Labute approximate surface area is 54.5 Å². The van der Waals surface area contributed by atoms with Gasteiger partial charge in [0.15, 0.2) is 0 Å². The monoisotopic (exact) mass is 176 g/mol. The molecule has 0 rings (SSSR count). The third-order valence-corrected chi connectivity index (χ3v) is 0. The van der Waals surface area contributed by atoms with E-state index < -0.39 is 5.09 Å². The second-order valence-electron chi connectivity index (χ2n) is 0.238. The van der Waals surface area contributed by atoms with Crippen LogP contribution in [0.4, 0.5) is 0 Å². The minimum absolute atomic E-state index is 0. The predicted molar refractivity (Wildman–Crippen MR) is 19.6 cm³/mol. The third-order valence-electron chi connectivity index (χ3n) is 0. The second-order valence-corrected chi connectivity index (χ2v) is 0.238. The van der Waals surface area contributed by atoms with Gasteiger partial charge in [-0.25, -0.2) is 0 Å². The Morgan fingerprint density at radius 1 is 1.25 bits per heavy atom. The molecule has 0 aliphatic rings. The average Bonchev–Trinajstić information content (AvgIpc) is 0.811. The molecule has 0 spiro atoms. The van der Waals surface area contributed by atoms with E-state index in [0.29, 0.717) is 0 Å². The SMILES string of the molecule is O.O.O.O=[N+]([O-])O.[Co]. The first-order valence-corrected chi connectivity index (χ1v) is 0.565. The topological polar surface area (TPSA) is 158 Å². The largest absolute Gasteiger partial charge is 0.412 e. The van der Waals surface area contributed by atoms with Gasteiger partial charge in [-0.2, -0.15) is 0 Å². The van der Waals surface area contributed by atoms with Crippen molar-refractivity contribution in [2.75, 3.05) is 0 Å². The Bertz CT molecular complexity index is 31.5. The summed E-state index contributed by atoms with van der Waals surface area (Å²) < 4.78 is 0. The number of nitrogens with zero attached hydrogens (tertiary/aromatic N) is 1. The molecule has 0 aromatic rings. The molecule has 0 fully saturated rings. The fourth-order valence-electron chi connectivity index (χ4n) is 0. The smallest absolute Gasteiger partial charge is 0.291 e. The average molecular weight is 176 g/mol. The van der Waals surface area contributed by atoms with Crippen molar-refractivity contribution in [3.63, 3.8) is 0 Å². The summed E-state index contributed by atoms with van der Waals surface area (Å²) in [5, 5.41) is 13.6. The Hall–Kier alpha value is -0.414. The van der Waals surface area contributed by atoms with Crippen LogP contribution in [0.15, 0.2) is 0 Å². The quantitative estimate of drug-likeness (QED) is 0.312. The summed E-state index contributed by atoms with van der Waals surface area (Å²) in [7, 11) is 0. The Kier molecular flexibility index (Phi) is 189. The minimum atomic E-state index is -1.50. The van der Waals surface area contributed by atoms with E-state index in [0.717, 1.165) is 0 Å². The first-order valence-electron chi connectivity index (χ1n) is 0.565. The van der Waals surface area contributed by atoms with Gasteiger partial charge in [-0.05, 0) is 0 Å². The molecule has 7 N–H and O–H groups in total. The first kappa shape index (κ1) is 49.2. The molecule has 8 heavy (non-hydrogen) atoms. The van der Waals surface area contributed by atoms with Crippen LogP contribution in [0.2, 0.25) is 0 Å². The van der Waals surface area contributed by atoms with Gasteiger partial charge in [0.1, 0.15) is 0 Å². The van der Waals surface area contributed by atoms with Crippen LogP contribution in [0.25, 0.3) is 0 Å². The molecular weight excluding hydrogens is 169 g/mol. The van der Waals surface area contributed by atoms with Crippen molar-refractivity contribution in [2.24, 2.45) is 0 Å². The number of rotatable bonds is 0. The van der Waals surface area contributed by atoms with Gasteiger partial charge in [0.25, 0.3) is 5.09 Å². The zero-order chi connectivity index (χ0) is 3.58. The van der Waals surface area contributed by atoms with Gasteiger partial charge in [-0.1, -0.05) is 0 Å². The molecule has 0 amide bonds. The fourth-order valence-corrected chi connectivity index (χ4v) is 0. The molecule has 0 heterocycles. The van der Waals surface area contributed by atoms with Crippen molar-refractivity contribution in [3.8, 4) is 0 Å². The van der Waals surface area contributed by atoms with Crippen LogP contribution in [0, 0.1) is 10.1 Å². The second kappa shape index (κ2) is 30.7. The Morgan fingerprint density at radius 3 is 1.25 bits per heavy atom. The summed E-state index contributed by atoms with van der Waals surface area (Å²) in [5.41, 5.74) is 0. The molecule has 0 atom stereocenters. The summed E-state index contributed by atoms with van der Waals surface area (Å²) in [5.74, 6) is 0. The molecule has 7 nitrogen and oxygen atoms in total. The van der Waals surface area contributed by atoms with Crippen LogP contribution in [-0.2, 0) is 16.8 Å². The van der Waals surface area contributed by atoms with Crippen molar-refractivity contribution >= 4 is 0 Å². The zero-order valence-electron chi connectivity index (χ0n) is 3.54. The van der Waals surface area contributed by atoms with Crippen LogP contribution in [0.3, 0.4) is 0 Å². The van der Waals surface area contributed by atoms with E-state index in [1.54, 1.807) is 0 Å².